The number of hydrogen-bond donors (Lipinski definition) is 2. The summed E-state index contributed by atoms with van der Waals surface area (Å²) in [6, 6.07) is 0.0193. The minimum atomic E-state index is -4.78. The molecule has 0 aliphatic rings. The normalized spacial score (nSPS) is 10.9. The average Bonchev–Trinajstić information content (AvgIpc) is 2.02. The fourth-order valence-electron chi connectivity index (χ4n) is 0.712. The summed E-state index contributed by atoms with van der Waals surface area (Å²) in [4.78, 5) is 17.6. The van der Waals surface area contributed by atoms with Crippen LogP contribution in [0.4, 0.5) is 10.7 Å². The Morgan fingerprint density at radius 3 is 2.29 bits per heavy atom. The van der Waals surface area contributed by atoms with Crippen molar-refractivity contribution in [1.29, 1.82) is 0 Å². The van der Waals surface area contributed by atoms with Gasteiger partial charge in [0, 0.05) is 12.4 Å². The average molecular weight is 218 g/mol. The second-order valence-electron chi connectivity index (χ2n) is 2.13. The highest BCUT2D eigenvalue weighted by molar-refractivity contribution is 7.88. The number of nitrogens with zero attached hydrogens (tertiary/aromatic N) is 3. The quantitative estimate of drug-likeness (QED) is 0.623. The van der Waals surface area contributed by atoms with Gasteiger partial charge in [-0.2, -0.15) is 8.42 Å². The highest BCUT2D eigenvalue weighted by Crippen LogP contribution is 2.08. The van der Waals surface area contributed by atoms with E-state index in [-0.39, 0.29) is 4.31 Å². The van der Waals surface area contributed by atoms with Crippen molar-refractivity contribution >= 4 is 22.3 Å². The van der Waals surface area contributed by atoms with Crippen LogP contribution in [0.2, 0.25) is 0 Å². The van der Waals surface area contributed by atoms with Gasteiger partial charge in [-0.25, -0.2) is 14.8 Å². The van der Waals surface area contributed by atoms with Crippen LogP contribution in [0.1, 0.15) is 0 Å². The molecule has 0 fully saturated rings. The van der Waals surface area contributed by atoms with Crippen LogP contribution in [0.5, 0.6) is 0 Å². The molecule has 0 bridgehead atoms. The van der Waals surface area contributed by atoms with Crippen molar-refractivity contribution in [2.45, 2.75) is 0 Å². The van der Waals surface area contributed by atoms with Gasteiger partial charge in [0.25, 0.3) is 0 Å². The van der Waals surface area contributed by atoms with Gasteiger partial charge in [-0.1, -0.05) is 0 Å². The molecule has 0 aliphatic heterocycles. The molecule has 0 saturated carbocycles. The highest BCUT2D eigenvalue weighted by atomic mass is 32.2. The fraction of sp³-hybridized carbons (Fsp3) is 0. The largest absolute Gasteiger partial charge is 0.370 e. The summed E-state index contributed by atoms with van der Waals surface area (Å²) < 4.78 is 29.8. The Labute approximate surface area is 79.3 Å². The third-order valence-corrected chi connectivity index (χ3v) is 1.97. The van der Waals surface area contributed by atoms with E-state index >= 15 is 0 Å². The number of carbonyl (C=O) groups is 1. The molecule has 0 saturated heterocycles. The Hall–Kier alpha value is -1.74. The summed E-state index contributed by atoms with van der Waals surface area (Å²) in [5, 5.41) is 0. The molecule has 3 N–H and O–H groups in total. The van der Waals surface area contributed by atoms with Gasteiger partial charge in [0.2, 0.25) is 5.95 Å². The van der Waals surface area contributed by atoms with Crippen molar-refractivity contribution in [3.05, 3.63) is 18.5 Å². The second-order valence-corrected chi connectivity index (χ2v) is 3.39. The summed E-state index contributed by atoms with van der Waals surface area (Å²) in [7, 11) is -4.78. The molecule has 2 amide bonds. The molecule has 0 aromatic carbocycles. The van der Waals surface area contributed by atoms with Crippen molar-refractivity contribution in [3.8, 4) is 0 Å². The van der Waals surface area contributed by atoms with Gasteiger partial charge in [-0.3, -0.25) is 4.55 Å². The molecule has 1 rings (SSSR count). The third kappa shape index (κ3) is 2.14. The minimum absolute atomic E-state index is 0.118. The molecule has 0 aliphatic carbocycles. The van der Waals surface area contributed by atoms with Crippen LogP contribution in [0.15, 0.2) is 18.5 Å². The SMILES string of the molecule is NC(=O)N(c1ncccn1)S(=O)(=O)O. The summed E-state index contributed by atoms with van der Waals surface area (Å²) in [5.74, 6) is -0.512. The summed E-state index contributed by atoms with van der Waals surface area (Å²) in [6.45, 7) is 0. The van der Waals surface area contributed by atoms with E-state index in [9.17, 15) is 13.2 Å². The lowest BCUT2D eigenvalue weighted by Crippen LogP contribution is -2.41. The van der Waals surface area contributed by atoms with E-state index < -0.39 is 22.3 Å². The first kappa shape index (κ1) is 10.3. The monoisotopic (exact) mass is 218 g/mol. The predicted molar refractivity (Wildman–Crippen MR) is 45.6 cm³/mol. The van der Waals surface area contributed by atoms with E-state index in [2.05, 4.69) is 9.97 Å². The van der Waals surface area contributed by atoms with Gasteiger partial charge in [0.1, 0.15) is 0 Å². The Balaban J connectivity index is 3.22. The zero-order valence-corrected chi connectivity index (χ0v) is 7.55. The molecular weight excluding hydrogens is 212 g/mol. The maximum Gasteiger partial charge on any atom is 0.370 e. The zero-order valence-electron chi connectivity index (χ0n) is 6.73. The standard InChI is InChI=1S/C5H6N4O4S/c6-4(10)9(14(11,12)13)5-7-2-1-3-8-5/h1-3H,(H2,6,10)(H,11,12,13). The van der Waals surface area contributed by atoms with E-state index in [1.54, 1.807) is 0 Å². The summed E-state index contributed by atoms with van der Waals surface area (Å²) in [6.07, 6.45) is 2.40. The van der Waals surface area contributed by atoms with Crippen LogP contribution in [0, 0.1) is 0 Å². The van der Waals surface area contributed by atoms with Gasteiger partial charge >= 0.3 is 16.3 Å². The van der Waals surface area contributed by atoms with Crippen LogP contribution < -0.4 is 10.0 Å². The maximum atomic E-state index is 10.7. The Morgan fingerprint density at radius 1 is 1.43 bits per heavy atom. The second kappa shape index (κ2) is 3.55. The van der Waals surface area contributed by atoms with Crippen LogP contribution in [-0.2, 0) is 10.3 Å². The summed E-state index contributed by atoms with van der Waals surface area (Å²) in [5.41, 5.74) is 4.72. The smallest absolute Gasteiger partial charge is 0.350 e. The minimum Gasteiger partial charge on any atom is -0.350 e. The molecule has 8 nitrogen and oxygen atoms in total. The Bertz CT molecular complexity index is 430. The van der Waals surface area contributed by atoms with E-state index in [4.69, 9.17) is 10.3 Å². The molecule has 1 aromatic heterocycles. The Kier molecular flexibility index (Phi) is 2.63. The molecular formula is C5H6N4O4S. The van der Waals surface area contributed by atoms with Gasteiger partial charge in [0.05, 0.1) is 0 Å². The van der Waals surface area contributed by atoms with E-state index in [0.717, 1.165) is 0 Å². The van der Waals surface area contributed by atoms with Crippen LogP contribution in [-0.4, -0.2) is 29.0 Å². The first-order valence-electron chi connectivity index (χ1n) is 3.27. The number of carbonyl (C=O) groups excluding carboxylic acids is 1. The van der Waals surface area contributed by atoms with Crippen LogP contribution in [0.3, 0.4) is 0 Å². The predicted octanol–water partition coefficient (Wildman–Crippen LogP) is -0.835. The number of amides is 2. The molecule has 9 heteroatoms. The molecule has 0 spiro atoms. The first-order valence-corrected chi connectivity index (χ1v) is 4.67. The Morgan fingerprint density at radius 2 is 1.93 bits per heavy atom. The fourth-order valence-corrected chi connectivity index (χ4v) is 1.24. The van der Waals surface area contributed by atoms with E-state index in [1.807, 2.05) is 0 Å². The molecule has 1 heterocycles. The number of urea groups is 1. The highest BCUT2D eigenvalue weighted by Gasteiger charge is 2.27. The van der Waals surface area contributed by atoms with Crippen molar-refractivity contribution in [1.82, 2.24) is 9.97 Å². The number of rotatable bonds is 2. The zero-order chi connectivity index (χ0) is 10.8. The van der Waals surface area contributed by atoms with Crippen molar-refractivity contribution in [2.24, 2.45) is 5.73 Å². The number of aromatic nitrogens is 2. The molecule has 0 atom stereocenters. The number of anilines is 1. The lowest BCUT2D eigenvalue weighted by Gasteiger charge is -2.12. The first-order chi connectivity index (χ1) is 6.43. The van der Waals surface area contributed by atoms with Crippen LogP contribution in [0.25, 0.3) is 0 Å². The van der Waals surface area contributed by atoms with Gasteiger partial charge in [-0.05, 0) is 6.07 Å². The molecule has 76 valence electrons. The summed E-state index contributed by atoms with van der Waals surface area (Å²) >= 11 is 0. The lowest BCUT2D eigenvalue weighted by molar-refractivity contribution is 0.256. The molecule has 0 unspecified atom stereocenters. The molecule has 14 heavy (non-hydrogen) atoms. The lowest BCUT2D eigenvalue weighted by atomic mass is 10.7. The van der Waals surface area contributed by atoms with E-state index in [1.165, 1.54) is 18.5 Å². The van der Waals surface area contributed by atoms with Crippen molar-refractivity contribution in [2.75, 3.05) is 4.31 Å². The maximum absolute atomic E-state index is 10.7. The van der Waals surface area contributed by atoms with Crippen molar-refractivity contribution < 1.29 is 17.8 Å². The third-order valence-electron chi connectivity index (χ3n) is 1.16. The number of hydrogen-bond acceptors (Lipinski definition) is 5. The van der Waals surface area contributed by atoms with Crippen molar-refractivity contribution in [3.63, 3.8) is 0 Å². The topological polar surface area (TPSA) is 126 Å². The molecule has 1 aromatic rings. The number of nitrogens with two attached hydrogens (primary N) is 1. The van der Waals surface area contributed by atoms with Crippen LogP contribution >= 0.6 is 0 Å². The van der Waals surface area contributed by atoms with Gasteiger partial charge in [0.15, 0.2) is 0 Å². The number of primary amides is 1. The molecule has 0 radical (unpaired) electrons. The van der Waals surface area contributed by atoms with Gasteiger partial charge < -0.3 is 5.73 Å². The van der Waals surface area contributed by atoms with Gasteiger partial charge in [-0.15, -0.1) is 4.31 Å². The van der Waals surface area contributed by atoms with E-state index in [0.29, 0.717) is 0 Å².